The molecule has 1 aromatic heterocycles. The summed E-state index contributed by atoms with van der Waals surface area (Å²) in [6, 6.07) is 22.3. The maximum Gasteiger partial charge on any atom is 0.435 e. The smallest absolute Gasteiger partial charge is 0.435 e. The van der Waals surface area contributed by atoms with Crippen LogP contribution in [0.5, 0.6) is 5.88 Å². The average Bonchev–Trinajstić information content (AvgIpc) is 3.16. The van der Waals surface area contributed by atoms with Gasteiger partial charge in [0.05, 0.1) is 23.0 Å². The van der Waals surface area contributed by atoms with E-state index in [1.807, 2.05) is 6.92 Å². The SMILES string of the molecule is Cc1ccc(C2c3c(C(F)(F)F)nn(-c4ccccc4)c3OC=CN2OC(=O)c2ccccc2)cc1. The van der Waals surface area contributed by atoms with Crippen molar-refractivity contribution in [2.24, 2.45) is 0 Å². The number of nitrogens with zero attached hydrogens (tertiary/aromatic N) is 3. The van der Waals surface area contributed by atoms with Crippen molar-refractivity contribution >= 4 is 5.97 Å². The molecule has 0 bridgehead atoms. The normalized spacial score (nSPS) is 15.1. The molecule has 1 atom stereocenters. The van der Waals surface area contributed by atoms with Crippen molar-refractivity contribution in [3.8, 4) is 11.6 Å². The van der Waals surface area contributed by atoms with Crippen LogP contribution in [0.15, 0.2) is 97.4 Å². The first-order chi connectivity index (χ1) is 17.3. The van der Waals surface area contributed by atoms with Crippen LogP contribution in [0.25, 0.3) is 5.69 Å². The zero-order valence-electron chi connectivity index (χ0n) is 19.0. The number of benzene rings is 3. The summed E-state index contributed by atoms with van der Waals surface area (Å²) in [7, 11) is 0. The van der Waals surface area contributed by atoms with Gasteiger partial charge in [-0.2, -0.15) is 28.0 Å². The van der Waals surface area contributed by atoms with E-state index in [9.17, 15) is 18.0 Å². The Labute approximate surface area is 204 Å². The lowest BCUT2D eigenvalue weighted by Crippen LogP contribution is -2.29. The van der Waals surface area contributed by atoms with Crippen LogP contribution in [0, 0.1) is 6.92 Å². The zero-order chi connectivity index (χ0) is 25.3. The fourth-order valence-corrected chi connectivity index (χ4v) is 3.96. The van der Waals surface area contributed by atoms with Gasteiger partial charge in [0.15, 0.2) is 5.69 Å². The predicted molar refractivity (Wildman–Crippen MR) is 125 cm³/mol. The second kappa shape index (κ2) is 9.26. The van der Waals surface area contributed by atoms with E-state index in [1.165, 1.54) is 12.5 Å². The number of hydrogen-bond donors (Lipinski definition) is 0. The first kappa shape index (κ1) is 23.2. The molecule has 0 saturated heterocycles. The van der Waals surface area contributed by atoms with Crippen molar-refractivity contribution in [1.29, 1.82) is 0 Å². The van der Waals surface area contributed by atoms with Crippen LogP contribution in [-0.2, 0) is 11.0 Å². The molecule has 1 aliphatic heterocycles. The molecule has 4 aromatic rings. The average molecular weight is 491 g/mol. The molecule has 1 aliphatic rings. The van der Waals surface area contributed by atoms with Crippen molar-refractivity contribution < 1.29 is 27.5 Å². The summed E-state index contributed by atoms with van der Waals surface area (Å²) in [4.78, 5) is 18.5. The van der Waals surface area contributed by atoms with Gasteiger partial charge in [0.25, 0.3) is 0 Å². The summed E-state index contributed by atoms with van der Waals surface area (Å²) in [6.07, 6.45) is -2.34. The van der Waals surface area contributed by atoms with Crippen LogP contribution >= 0.6 is 0 Å². The molecule has 0 radical (unpaired) electrons. The molecule has 36 heavy (non-hydrogen) atoms. The van der Waals surface area contributed by atoms with Gasteiger partial charge in [-0.25, -0.2) is 4.79 Å². The summed E-state index contributed by atoms with van der Waals surface area (Å²) < 4.78 is 49.9. The van der Waals surface area contributed by atoms with Crippen LogP contribution in [-0.4, -0.2) is 20.8 Å². The minimum Gasteiger partial charge on any atom is -0.445 e. The van der Waals surface area contributed by atoms with Gasteiger partial charge in [0, 0.05) is 0 Å². The number of aromatic nitrogens is 2. The number of ether oxygens (including phenoxy) is 1. The Morgan fingerprint density at radius 2 is 1.58 bits per heavy atom. The number of carbonyl (C=O) groups is 1. The summed E-state index contributed by atoms with van der Waals surface area (Å²) >= 11 is 0. The van der Waals surface area contributed by atoms with Crippen molar-refractivity contribution in [3.05, 3.63) is 125 Å². The zero-order valence-corrected chi connectivity index (χ0v) is 19.0. The highest BCUT2D eigenvalue weighted by atomic mass is 19.4. The molecule has 0 spiro atoms. The molecule has 9 heteroatoms. The first-order valence-corrected chi connectivity index (χ1v) is 11.0. The first-order valence-electron chi connectivity index (χ1n) is 11.0. The van der Waals surface area contributed by atoms with Gasteiger partial charge in [0.2, 0.25) is 5.88 Å². The number of fused-ring (bicyclic) bond motifs is 1. The third-order valence-electron chi connectivity index (χ3n) is 5.65. The molecule has 5 rings (SSSR count). The lowest BCUT2D eigenvalue weighted by Gasteiger charge is -2.28. The third-order valence-corrected chi connectivity index (χ3v) is 5.65. The minimum absolute atomic E-state index is 0.131. The fourth-order valence-electron chi connectivity index (χ4n) is 3.96. The highest BCUT2D eigenvalue weighted by Gasteiger charge is 2.45. The topological polar surface area (TPSA) is 56.6 Å². The lowest BCUT2D eigenvalue weighted by atomic mass is 9.97. The molecule has 0 fully saturated rings. The van der Waals surface area contributed by atoms with Crippen molar-refractivity contribution in [2.75, 3.05) is 0 Å². The Kier molecular flexibility index (Phi) is 5.97. The Morgan fingerprint density at radius 3 is 2.22 bits per heavy atom. The van der Waals surface area contributed by atoms with Crippen LogP contribution < -0.4 is 4.74 Å². The fraction of sp³-hybridized carbons (Fsp3) is 0.111. The highest BCUT2D eigenvalue weighted by molar-refractivity contribution is 5.89. The quantitative estimate of drug-likeness (QED) is 0.339. The third kappa shape index (κ3) is 4.43. The van der Waals surface area contributed by atoms with Crippen LogP contribution in [0.4, 0.5) is 13.2 Å². The molecule has 0 amide bonds. The Hall–Kier alpha value is -4.53. The van der Waals surface area contributed by atoms with Gasteiger partial charge in [-0.05, 0) is 36.8 Å². The maximum atomic E-state index is 14.4. The largest absolute Gasteiger partial charge is 0.445 e. The predicted octanol–water partition coefficient (Wildman–Crippen LogP) is 6.23. The number of hydroxylamine groups is 2. The van der Waals surface area contributed by atoms with Crippen LogP contribution in [0.3, 0.4) is 0 Å². The number of hydrogen-bond acceptors (Lipinski definition) is 5. The molecule has 182 valence electrons. The molecule has 0 aliphatic carbocycles. The van der Waals surface area contributed by atoms with Crippen molar-refractivity contribution in [1.82, 2.24) is 14.8 Å². The van der Waals surface area contributed by atoms with Gasteiger partial charge in [-0.3, -0.25) is 0 Å². The molecule has 0 N–H and O–H groups in total. The monoisotopic (exact) mass is 491 g/mol. The second-order valence-corrected chi connectivity index (χ2v) is 8.13. The van der Waals surface area contributed by atoms with Crippen LogP contribution in [0.2, 0.25) is 0 Å². The van der Waals surface area contributed by atoms with Gasteiger partial charge in [0.1, 0.15) is 12.3 Å². The van der Waals surface area contributed by atoms with Crippen molar-refractivity contribution in [2.45, 2.75) is 19.1 Å². The number of rotatable bonds is 4. The standard InChI is InChI=1S/C27H20F3N3O3/c1-18-12-14-19(15-13-18)23-22-24(27(28,29)30)31-33(21-10-6-3-7-11-21)25(22)35-17-16-32(23)36-26(34)20-8-4-2-5-9-20/h2-17,23H,1H3. The number of alkyl halides is 3. The molecule has 1 unspecified atom stereocenters. The number of carbonyl (C=O) groups excluding carboxylic acids is 1. The number of para-hydroxylation sites is 1. The molecule has 0 saturated carbocycles. The summed E-state index contributed by atoms with van der Waals surface area (Å²) in [5, 5.41) is 4.97. The van der Waals surface area contributed by atoms with E-state index >= 15 is 0 Å². The Bertz CT molecular complexity index is 1400. The summed E-state index contributed by atoms with van der Waals surface area (Å²) in [5.41, 5.74) is 0.585. The van der Waals surface area contributed by atoms with E-state index in [2.05, 4.69) is 5.10 Å². The second-order valence-electron chi connectivity index (χ2n) is 8.13. The van der Waals surface area contributed by atoms with E-state index in [-0.39, 0.29) is 17.0 Å². The van der Waals surface area contributed by atoms with Crippen molar-refractivity contribution in [3.63, 3.8) is 0 Å². The molecular formula is C27H20F3N3O3. The Morgan fingerprint density at radius 1 is 0.944 bits per heavy atom. The van der Waals surface area contributed by atoms with Gasteiger partial charge in [-0.1, -0.05) is 66.2 Å². The lowest BCUT2D eigenvalue weighted by molar-refractivity contribution is -0.144. The molecule has 2 heterocycles. The molecular weight excluding hydrogens is 471 g/mol. The highest BCUT2D eigenvalue weighted by Crippen LogP contribution is 2.46. The van der Waals surface area contributed by atoms with Gasteiger partial charge >= 0.3 is 12.1 Å². The minimum atomic E-state index is -4.81. The van der Waals surface area contributed by atoms with E-state index in [1.54, 1.807) is 84.9 Å². The van der Waals surface area contributed by atoms with Crippen LogP contribution in [0.1, 0.15) is 38.8 Å². The van der Waals surface area contributed by atoms with Gasteiger partial charge < -0.3 is 9.57 Å². The summed E-state index contributed by atoms with van der Waals surface area (Å²) in [5.74, 6) is -0.863. The number of aryl methyl sites for hydroxylation is 1. The molecule has 3 aromatic carbocycles. The summed E-state index contributed by atoms with van der Waals surface area (Å²) in [6.45, 7) is 1.87. The molecule has 6 nitrogen and oxygen atoms in total. The van der Waals surface area contributed by atoms with Gasteiger partial charge in [-0.15, -0.1) is 0 Å². The van der Waals surface area contributed by atoms with E-state index in [4.69, 9.17) is 9.57 Å². The van der Waals surface area contributed by atoms with E-state index < -0.39 is 23.9 Å². The van der Waals surface area contributed by atoms with E-state index in [0.717, 1.165) is 15.3 Å². The van der Waals surface area contributed by atoms with E-state index in [0.29, 0.717) is 11.3 Å². The number of halogens is 3. The Balaban J connectivity index is 1.70. The maximum absolute atomic E-state index is 14.4.